The number of rotatable bonds is 1. The Kier molecular flexibility index (Phi) is 3.46. The molecular weight excluding hydrogens is 250 g/mol. The summed E-state index contributed by atoms with van der Waals surface area (Å²) >= 11 is 0. The predicted molar refractivity (Wildman–Crippen MR) is 67.5 cm³/mol. The molecule has 19 heavy (non-hydrogen) atoms. The van der Waals surface area contributed by atoms with Crippen LogP contribution in [0.15, 0.2) is 9.59 Å². The van der Waals surface area contributed by atoms with Crippen LogP contribution >= 0.6 is 0 Å². The van der Waals surface area contributed by atoms with Crippen LogP contribution in [0.25, 0.3) is 0 Å². The number of aliphatic hydroxyl groups is 1. The monoisotopic (exact) mass is 266 g/mol. The lowest BCUT2D eigenvalue weighted by molar-refractivity contribution is 0.0200. The van der Waals surface area contributed by atoms with E-state index >= 15 is 0 Å². The average molecular weight is 266 g/mol. The van der Waals surface area contributed by atoms with Crippen molar-refractivity contribution in [2.45, 2.75) is 31.6 Å². The Balaban J connectivity index is 2.46. The van der Waals surface area contributed by atoms with Crippen LogP contribution in [0.4, 0.5) is 0 Å². The Labute approximate surface area is 110 Å². The number of H-pyrrole nitrogens is 2. The number of hydrogen-bond donors (Lipinski definition) is 4. The van der Waals surface area contributed by atoms with Crippen LogP contribution in [-0.2, 0) is 4.74 Å². The molecule has 1 aromatic rings. The summed E-state index contributed by atoms with van der Waals surface area (Å²) in [5.41, 5.74) is 4.26. The molecule has 1 fully saturated rings. The molecule has 0 aromatic carbocycles. The molecule has 2 rings (SSSR count). The standard InChI is InChI=1S/C12H15N3O4/c1-6-8(16)5-9(19-6)10-7(3-2-4-13)11(17)15-12(18)14-10/h6,8-9,16H,4-5,13H2,1H3,(H2,14,15,17,18)/i1D. The van der Waals surface area contributed by atoms with Crippen molar-refractivity contribution in [2.75, 3.05) is 6.54 Å². The van der Waals surface area contributed by atoms with Crippen LogP contribution in [0.3, 0.4) is 0 Å². The second-order valence-electron chi connectivity index (χ2n) is 4.17. The van der Waals surface area contributed by atoms with Gasteiger partial charge in [0.05, 0.1) is 24.4 Å². The van der Waals surface area contributed by atoms with Gasteiger partial charge >= 0.3 is 5.69 Å². The maximum Gasteiger partial charge on any atom is 0.326 e. The van der Waals surface area contributed by atoms with Gasteiger partial charge in [-0.25, -0.2) is 4.79 Å². The summed E-state index contributed by atoms with van der Waals surface area (Å²) in [6.07, 6.45) is -1.92. The first-order valence-corrected chi connectivity index (χ1v) is 5.75. The Morgan fingerprint density at radius 1 is 1.58 bits per heavy atom. The fourth-order valence-electron chi connectivity index (χ4n) is 1.92. The highest BCUT2D eigenvalue weighted by Gasteiger charge is 2.34. The smallest absolute Gasteiger partial charge is 0.326 e. The van der Waals surface area contributed by atoms with Crippen molar-refractivity contribution in [3.63, 3.8) is 0 Å². The molecule has 1 aromatic heterocycles. The minimum absolute atomic E-state index is 0.0675. The van der Waals surface area contributed by atoms with Crippen LogP contribution in [0.5, 0.6) is 0 Å². The summed E-state index contributed by atoms with van der Waals surface area (Å²) in [5.74, 6) is 5.14. The van der Waals surface area contributed by atoms with Crippen molar-refractivity contribution in [1.82, 2.24) is 9.97 Å². The first kappa shape index (κ1) is 12.2. The molecule has 3 atom stereocenters. The molecule has 7 nitrogen and oxygen atoms in total. The zero-order valence-electron chi connectivity index (χ0n) is 11.1. The van der Waals surface area contributed by atoms with Crippen LogP contribution in [0.2, 0.25) is 0 Å². The minimum atomic E-state index is -0.810. The molecule has 0 bridgehead atoms. The molecule has 102 valence electrons. The van der Waals surface area contributed by atoms with E-state index in [1.807, 2.05) is 0 Å². The number of nitrogens with one attached hydrogen (secondary N) is 2. The first-order valence-electron chi connectivity index (χ1n) is 6.45. The molecule has 0 saturated carbocycles. The minimum Gasteiger partial charge on any atom is -0.390 e. The summed E-state index contributed by atoms with van der Waals surface area (Å²) in [4.78, 5) is 27.7. The maximum absolute atomic E-state index is 11.8. The van der Waals surface area contributed by atoms with Gasteiger partial charge in [0.2, 0.25) is 0 Å². The van der Waals surface area contributed by atoms with Gasteiger partial charge in [0.15, 0.2) is 0 Å². The number of ether oxygens (including phenoxy) is 1. The van der Waals surface area contributed by atoms with E-state index in [0.29, 0.717) is 0 Å². The van der Waals surface area contributed by atoms with Crippen LogP contribution < -0.4 is 17.0 Å². The number of nitrogens with two attached hydrogens (primary N) is 1. The van der Waals surface area contributed by atoms with E-state index in [0.717, 1.165) is 0 Å². The summed E-state index contributed by atoms with van der Waals surface area (Å²) in [6.45, 7) is -0.0313. The average Bonchev–Trinajstić information content (AvgIpc) is 2.78. The van der Waals surface area contributed by atoms with E-state index in [1.54, 1.807) is 0 Å². The Morgan fingerprint density at radius 3 is 3.00 bits per heavy atom. The van der Waals surface area contributed by atoms with Crippen molar-refractivity contribution in [3.8, 4) is 11.8 Å². The van der Waals surface area contributed by atoms with Gasteiger partial charge in [-0.15, -0.1) is 0 Å². The molecule has 0 amide bonds. The van der Waals surface area contributed by atoms with Crippen molar-refractivity contribution in [1.29, 1.82) is 0 Å². The fourth-order valence-corrected chi connectivity index (χ4v) is 1.92. The normalized spacial score (nSPS) is 26.6. The molecule has 0 spiro atoms. The second kappa shape index (κ2) is 5.40. The SMILES string of the molecule is [2H]CC1OC(c2[nH]c(=O)[nH]c(=O)c2C#CCN)CC1O. The van der Waals surface area contributed by atoms with Gasteiger partial charge in [-0.1, -0.05) is 11.8 Å². The third-order valence-electron chi connectivity index (χ3n) is 2.83. The van der Waals surface area contributed by atoms with Gasteiger partial charge in [0.1, 0.15) is 11.7 Å². The van der Waals surface area contributed by atoms with Gasteiger partial charge in [0.25, 0.3) is 5.56 Å². The predicted octanol–water partition coefficient (Wildman–Crippen LogP) is -1.42. The molecule has 3 unspecified atom stereocenters. The van der Waals surface area contributed by atoms with Gasteiger partial charge in [-0.3, -0.25) is 9.78 Å². The zero-order chi connectivity index (χ0) is 14.7. The lowest BCUT2D eigenvalue weighted by Crippen LogP contribution is -2.28. The van der Waals surface area contributed by atoms with Gasteiger partial charge < -0.3 is 20.6 Å². The molecule has 5 N–H and O–H groups in total. The molecule has 1 aliphatic heterocycles. The van der Waals surface area contributed by atoms with Gasteiger partial charge in [-0.2, -0.15) is 0 Å². The number of aromatic amines is 2. The van der Waals surface area contributed by atoms with Crippen molar-refractivity contribution in [3.05, 3.63) is 32.1 Å². The Bertz CT molecular complexity index is 657. The van der Waals surface area contributed by atoms with Crippen LogP contribution in [-0.4, -0.2) is 33.8 Å². The molecule has 7 heteroatoms. The van der Waals surface area contributed by atoms with Crippen molar-refractivity contribution >= 4 is 0 Å². The topological polar surface area (TPSA) is 121 Å². The second-order valence-corrected chi connectivity index (χ2v) is 4.17. The molecule has 0 aliphatic carbocycles. The summed E-state index contributed by atoms with van der Waals surface area (Å²) in [6, 6.07) is 0. The Morgan fingerprint density at radius 2 is 2.37 bits per heavy atom. The lowest BCUT2D eigenvalue weighted by atomic mass is 10.1. The quantitative estimate of drug-likeness (QED) is 0.465. The maximum atomic E-state index is 11.8. The van der Waals surface area contributed by atoms with Crippen molar-refractivity contribution < 1.29 is 11.2 Å². The summed E-state index contributed by atoms with van der Waals surface area (Å²) in [7, 11) is 0. The van der Waals surface area contributed by atoms with E-state index in [2.05, 4.69) is 21.8 Å². The van der Waals surface area contributed by atoms with Crippen molar-refractivity contribution in [2.24, 2.45) is 5.73 Å². The first-order chi connectivity index (χ1) is 9.56. The highest BCUT2D eigenvalue weighted by molar-refractivity contribution is 5.37. The van der Waals surface area contributed by atoms with Crippen LogP contribution in [0.1, 0.15) is 32.1 Å². The van der Waals surface area contributed by atoms with E-state index in [-0.39, 0.29) is 31.1 Å². The van der Waals surface area contributed by atoms with E-state index in [9.17, 15) is 14.7 Å². The summed E-state index contributed by atoms with van der Waals surface area (Å²) < 4.78 is 12.7. The Hall–Kier alpha value is -1.88. The lowest BCUT2D eigenvalue weighted by Gasteiger charge is -2.11. The zero-order valence-corrected chi connectivity index (χ0v) is 10.1. The van der Waals surface area contributed by atoms with Gasteiger partial charge in [-0.05, 0) is 6.90 Å². The third kappa shape index (κ3) is 2.76. The highest BCUT2D eigenvalue weighted by Crippen LogP contribution is 2.31. The molecular formula is C12H15N3O4. The molecule has 1 aliphatic rings. The van der Waals surface area contributed by atoms with Gasteiger partial charge in [0, 0.05) is 7.79 Å². The van der Waals surface area contributed by atoms with E-state index < -0.39 is 29.6 Å². The number of hydrogen-bond acceptors (Lipinski definition) is 5. The third-order valence-corrected chi connectivity index (χ3v) is 2.83. The number of aromatic nitrogens is 2. The summed E-state index contributed by atoms with van der Waals surface area (Å²) in [5, 5.41) is 9.75. The fraction of sp³-hybridized carbons (Fsp3) is 0.500. The molecule has 0 radical (unpaired) electrons. The highest BCUT2D eigenvalue weighted by atomic mass is 16.5. The van der Waals surface area contributed by atoms with E-state index in [1.165, 1.54) is 0 Å². The number of aliphatic hydroxyl groups excluding tert-OH is 1. The van der Waals surface area contributed by atoms with E-state index in [4.69, 9.17) is 11.8 Å². The molecule has 1 saturated heterocycles. The molecule has 2 heterocycles. The largest absolute Gasteiger partial charge is 0.390 e. The van der Waals surface area contributed by atoms with Crippen LogP contribution in [0, 0.1) is 11.8 Å².